The summed E-state index contributed by atoms with van der Waals surface area (Å²) in [5.41, 5.74) is 5.85. The van der Waals surface area contributed by atoms with Crippen LogP contribution in [0.25, 0.3) is 6.08 Å². The van der Waals surface area contributed by atoms with Gasteiger partial charge in [0.25, 0.3) is 5.91 Å². The monoisotopic (exact) mass is 290 g/mol. The molecule has 2 atom stereocenters. The van der Waals surface area contributed by atoms with E-state index in [1.807, 2.05) is 30.3 Å². The molecule has 6 heteroatoms. The van der Waals surface area contributed by atoms with Gasteiger partial charge >= 0.3 is 5.97 Å². The van der Waals surface area contributed by atoms with E-state index in [4.69, 9.17) is 10.5 Å². The smallest absolute Gasteiger partial charge is 0.329 e. The summed E-state index contributed by atoms with van der Waals surface area (Å²) in [6, 6.07) is 8.38. The van der Waals surface area contributed by atoms with Crippen LogP contribution in [0.1, 0.15) is 19.4 Å². The summed E-state index contributed by atoms with van der Waals surface area (Å²) in [5, 5.41) is 2.44. The highest BCUT2D eigenvalue weighted by atomic mass is 16.5. The molecule has 0 bridgehead atoms. The fourth-order valence-corrected chi connectivity index (χ4v) is 1.39. The van der Waals surface area contributed by atoms with Crippen LogP contribution in [-0.2, 0) is 19.1 Å². The minimum Gasteiger partial charge on any atom is -0.451 e. The lowest BCUT2D eigenvalue weighted by molar-refractivity contribution is -0.156. The number of benzene rings is 1. The van der Waals surface area contributed by atoms with Gasteiger partial charge in [-0.3, -0.25) is 9.59 Å². The second kappa shape index (κ2) is 7.84. The average molecular weight is 290 g/mol. The summed E-state index contributed by atoms with van der Waals surface area (Å²) in [7, 11) is 0. The lowest BCUT2D eigenvalue weighted by atomic mass is 10.2. The first kappa shape index (κ1) is 16.4. The highest BCUT2D eigenvalue weighted by Crippen LogP contribution is 2.01. The van der Waals surface area contributed by atoms with Crippen LogP contribution < -0.4 is 11.1 Å². The molecule has 1 aromatic rings. The molecule has 0 heterocycles. The first-order valence-electron chi connectivity index (χ1n) is 6.43. The number of hydrogen-bond donors (Lipinski definition) is 2. The number of nitrogens with two attached hydrogens (primary N) is 1. The molecular weight excluding hydrogens is 272 g/mol. The fraction of sp³-hybridized carbons (Fsp3) is 0.267. The molecule has 0 aromatic heterocycles. The minimum absolute atomic E-state index is 0.435. The molecule has 0 aliphatic heterocycles. The number of carbonyl (C=O) groups is 3. The molecule has 1 aromatic carbocycles. The lowest BCUT2D eigenvalue weighted by Gasteiger charge is -2.14. The third kappa shape index (κ3) is 5.90. The molecule has 2 amide bonds. The van der Waals surface area contributed by atoms with E-state index < -0.39 is 29.9 Å². The quantitative estimate of drug-likeness (QED) is 0.592. The van der Waals surface area contributed by atoms with Gasteiger partial charge < -0.3 is 15.8 Å². The zero-order chi connectivity index (χ0) is 15.8. The van der Waals surface area contributed by atoms with Gasteiger partial charge in [-0.15, -0.1) is 0 Å². The van der Waals surface area contributed by atoms with Gasteiger partial charge in [0.15, 0.2) is 6.10 Å². The van der Waals surface area contributed by atoms with Crippen LogP contribution in [0.2, 0.25) is 0 Å². The highest BCUT2D eigenvalue weighted by molar-refractivity contribution is 5.94. The Morgan fingerprint density at radius 1 is 1.19 bits per heavy atom. The van der Waals surface area contributed by atoms with E-state index in [9.17, 15) is 14.4 Å². The third-order valence-electron chi connectivity index (χ3n) is 2.63. The molecule has 0 saturated heterocycles. The van der Waals surface area contributed by atoms with E-state index in [0.29, 0.717) is 0 Å². The molecule has 0 aliphatic carbocycles. The molecule has 0 fully saturated rings. The van der Waals surface area contributed by atoms with Crippen LogP contribution >= 0.6 is 0 Å². The van der Waals surface area contributed by atoms with Crippen molar-refractivity contribution in [2.45, 2.75) is 26.0 Å². The summed E-state index contributed by atoms with van der Waals surface area (Å²) in [5.74, 6) is -1.90. The average Bonchev–Trinajstić information content (AvgIpc) is 2.45. The lowest BCUT2D eigenvalue weighted by Crippen LogP contribution is -2.42. The number of rotatable bonds is 6. The summed E-state index contributed by atoms with van der Waals surface area (Å²) >= 11 is 0. The third-order valence-corrected chi connectivity index (χ3v) is 2.63. The largest absolute Gasteiger partial charge is 0.451 e. The topological polar surface area (TPSA) is 98.5 Å². The summed E-state index contributed by atoms with van der Waals surface area (Å²) in [6.45, 7) is 2.83. The van der Waals surface area contributed by atoms with E-state index in [2.05, 4.69) is 5.32 Å². The van der Waals surface area contributed by atoms with Crippen LogP contribution in [0.5, 0.6) is 0 Å². The van der Waals surface area contributed by atoms with Crippen LogP contribution in [0.15, 0.2) is 36.4 Å². The predicted octanol–water partition coefficient (Wildman–Crippen LogP) is 0.622. The highest BCUT2D eigenvalue weighted by Gasteiger charge is 2.20. The van der Waals surface area contributed by atoms with Gasteiger partial charge in [-0.05, 0) is 25.5 Å². The molecule has 112 valence electrons. The Morgan fingerprint density at radius 3 is 2.38 bits per heavy atom. The molecule has 0 unspecified atom stereocenters. The van der Waals surface area contributed by atoms with Gasteiger partial charge in [-0.2, -0.15) is 0 Å². The minimum atomic E-state index is -1.03. The van der Waals surface area contributed by atoms with Crippen molar-refractivity contribution in [3.8, 4) is 0 Å². The second-order valence-corrected chi connectivity index (χ2v) is 4.46. The predicted molar refractivity (Wildman–Crippen MR) is 77.8 cm³/mol. The molecule has 0 spiro atoms. The number of nitrogens with one attached hydrogen (secondary N) is 1. The molecule has 21 heavy (non-hydrogen) atoms. The first-order chi connectivity index (χ1) is 9.90. The fourth-order valence-electron chi connectivity index (χ4n) is 1.39. The number of primary amides is 1. The van der Waals surface area contributed by atoms with Crippen molar-refractivity contribution < 1.29 is 19.1 Å². The Balaban J connectivity index is 2.48. The van der Waals surface area contributed by atoms with Crippen molar-refractivity contribution in [2.24, 2.45) is 5.73 Å². The number of amides is 2. The molecule has 0 aliphatic rings. The second-order valence-electron chi connectivity index (χ2n) is 4.46. The number of ether oxygens (including phenoxy) is 1. The molecular formula is C15H18N2O4. The van der Waals surface area contributed by atoms with Crippen molar-refractivity contribution in [1.82, 2.24) is 5.32 Å². The number of hydrogen-bond acceptors (Lipinski definition) is 4. The van der Waals surface area contributed by atoms with E-state index in [1.54, 1.807) is 6.08 Å². The van der Waals surface area contributed by atoms with Crippen molar-refractivity contribution in [1.29, 1.82) is 0 Å². The van der Waals surface area contributed by atoms with Crippen LogP contribution in [0, 0.1) is 0 Å². The maximum absolute atomic E-state index is 11.7. The van der Waals surface area contributed by atoms with Crippen molar-refractivity contribution in [3.63, 3.8) is 0 Å². The van der Waals surface area contributed by atoms with Crippen molar-refractivity contribution >= 4 is 23.9 Å². The molecule has 0 saturated carbocycles. The standard InChI is InChI=1S/C15H18N2O4/c1-10(15(20)21-11(2)14(16)19)17-13(18)9-8-12-6-4-3-5-7-12/h3-11H,1-2H3,(H2,16,19)(H,17,18)/b9-8+/t10-,11-/m0/s1. The van der Waals surface area contributed by atoms with E-state index in [-0.39, 0.29) is 0 Å². The summed E-state index contributed by atoms with van der Waals surface area (Å²) in [6.07, 6.45) is 1.91. The Labute approximate surface area is 123 Å². The molecule has 6 nitrogen and oxygen atoms in total. The Kier molecular flexibility index (Phi) is 6.13. The summed E-state index contributed by atoms with van der Waals surface area (Å²) in [4.78, 5) is 34.0. The van der Waals surface area contributed by atoms with Crippen molar-refractivity contribution in [2.75, 3.05) is 0 Å². The van der Waals surface area contributed by atoms with E-state index in [1.165, 1.54) is 19.9 Å². The maximum Gasteiger partial charge on any atom is 0.329 e. The zero-order valence-electron chi connectivity index (χ0n) is 11.9. The first-order valence-corrected chi connectivity index (χ1v) is 6.43. The van der Waals surface area contributed by atoms with Crippen LogP contribution in [0.4, 0.5) is 0 Å². The van der Waals surface area contributed by atoms with Gasteiger partial charge in [-0.25, -0.2) is 4.79 Å². The Hall–Kier alpha value is -2.63. The number of esters is 1. The van der Waals surface area contributed by atoms with E-state index in [0.717, 1.165) is 5.56 Å². The molecule has 1 rings (SSSR count). The van der Waals surface area contributed by atoms with Crippen LogP contribution in [0.3, 0.4) is 0 Å². The Morgan fingerprint density at radius 2 is 1.81 bits per heavy atom. The van der Waals surface area contributed by atoms with Gasteiger partial charge in [0.05, 0.1) is 0 Å². The molecule has 3 N–H and O–H groups in total. The SMILES string of the molecule is C[C@H](NC(=O)/C=C/c1ccccc1)C(=O)O[C@@H](C)C(N)=O. The Bertz CT molecular complexity index is 540. The number of carbonyl (C=O) groups excluding carboxylic acids is 3. The van der Waals surface area contributed by atoms with Gasteiger partial charge in [-0.1, -0.05) is 30.3 Å². The maximum atomic E-state index is 11.7. The van der Waals surface area contributed by atoms with Gasteiger partial charge in [0.2, 0.25) is 5.91 Å². The normalized spacial score (nSPS) is 13.4. The molecule has 0 radical (unpaired) electrons. The van der Waals surface area contributed by atoms with Gasteiger partial charge in [0.1, 0.15) is 6.04 Å². The zero-order valence-corrected chi connectivity index (χ0v) is 11.9. The van der Waals surface area contributed by atoms with E-state index >= 15 is 0 Å². The van der Waals surface area contributed by atoms with Crippen LogP contribution in [-0.4, -0.2) is 29.9 Å². The summed E-state index contributed by atoms with van der Waals surface area (Å²) < 4.78 is 4.78. The van der Waals surface area contributed by atoms with Crippen molar-refractivity contribution in [3.05, 3.63) is 42.0 Å². The van der Waals surface area contributed by atoms with Gasteiger partial charge in [0, 0.05) is 6.08 Å².